The van der Waals surface area contributed by atoms with E-state index in [0.29, 0.717) is 22.8 Å². The Morgan fingerprint density at radius 3 is 2.77 bits per heavy atom. The zero-order valence-electron chi connectivity index (χ0n) is 14.1. The van der Waals surface area contributed by atoms with Gasteiger partial charge in [-0.25, -0.2) is 4.98 Å². The lowest BCUT2D eigenvalue weighted by Crippen LogP contribution is -2.41. The summed E-state index contributed by atoms with van der Waals surface area (Å²) in [5.74, 6) is -0.521. The molecule has 0 unspecified atom stereocenters. The predicted molar refractivity (Wildman–Crippen MR) is 95.0 cm³/mol. The lowest BCUT2D eigenvalue weighted by molar-refractivity contribution is -0.118. The van der Waals surface area contributed by atoms with Gasteiger partial charge in [0.1, 0.15) is 6.04 Å². The van der Waals surface area contributed by atoms with E-state index < -0.39 is 6.04 Å². The number of para-hydroxylation sites is 1. The van der Waals surface area contributed by atoms with Gasteiger partial charge >= 0.3 is 0 Å². The van der Waals surface area contributed by atoms with Crippen LogP contribution in [0.3, 0.4) is 0 Å². The number of hydrogen-bond donors (Lipinski definition) is 3. The van der Waals surface area contributed by atoms with Gasteiger partial charge in [-0.2, -0.15) is 0 Å². The van der Waals surface area contributed by atoms with E-state index in [2.05, 4.69) is 20.9 Å². The average Bonchev–Trinajstić information content (AvgIpc) is 2.77. The largest absolute Gasteiger partial charge is 0.481 e. The van der Waals surface area contributed by atoms with Crippen molar-refractivity contribution < 1.29 is 19.1 Å². The molecule has 2 aromatic rings. The molecule has 134 valence electrons. The summed E-state index contributed by atoms with van der Waals surface area (Å²) in [6, 6.07) is 9.28. The SMILES string of the molecule is COc1ccc(NC(=O)CC[C@@H]2NC(=O)c3ccccc3NC2=O)cn1. The van der Waals surface area contributed by atoms with Gasteiger partial charge in [0.15, 0.2) is 0 Å². The van der Waals surface area contributed by atoms with Gasteiger partial charge in [-0.1, -0.05) is 12.1 Å². The van der Waals surface area contributed by atoms with Crippen molar-refractivity contribution in [2.24, 2.45) is 0 Å². The first-order chi connectivity index (χ1) is 12.6. The molecule has 8 nitrogen and oxygen atoms in total. The Labute approximate surface area is 150 Å². The van der Waals surface area contributed by atoms with Crippen molar-refractivity contribution in [2.45, 2.75) is 18.9 Å². The third-order valence-corrected chi connectivity index (χ3v) is 3.94. The fraction of sp³-hybridized carbons (Fsp3) is 0.222. The van der Waals surface area contributed by atoms with E-state index in [1.807, 2.05) is 0 Å². The topological polar surface area (TPSA) is 109 Å². The highest BCUT2D eigenvalue weighted by Crippen LogP contribution is 2.19. The van der Waals surface area contributed by atoms with Crippen LogP contribution in [0.15, 0.2) is 42.6 Å². The van der Waals surface area contributed by atoms with Crippen molar-refractivity contribution in [2.75, 3.05) is 17.7 Å². The van der Waals surface area contributed by atoms with Gasteiger partial charge in [-0.3, -0.25) is 14.4 Å². The van der Waals surface area contributed by atoms with E-state index in [1.165, 1.54) is 13.3 Å². The molecule has 0 spiro atoms. The summed E-state index contributed by atoms with van der Waals surface area (Å²) < 4.78 is 4.95. The van der Waals surface area contributed by atoms with Crippen molar-refractivity contribution in [3.63, 3.8) is 0 Å². The number of fused-ring (bicyclic) bond motifs is 1. The van der Waals surface area contributed by atoms with Crippen LogP contribution < -0.4 is 20.7 Å². The van der Waals surface area contributed by atoms with Crippen LogP contribution in [0.4, 0.5) is 11.4 Å². The van der Waals surface area contributed by atoms with Gasteiger partial charge in [-0.05, 0) is 24.6 Å². The molecule has 1 atom stereocenters. The first-order valence-corrected chi connectivity index (χ1v) is 8.07. The fourth-order valence-corrected chi connectivity index (χ4v) is 2.59. The van der Waals surface area contributed by atoms with Crippen LogP contribution in [0.2, 0.25) is 0 Å². The summed E-state index contributed by atoms with van der Waals surface area (Å²) >= 11 is 0. The van der Waals surface area contributed by atoms with Gasteiger partial charge in [-0.15, -0.1) is 0 Å². The summed E-state index contributed by atoms with van der Waals surface area (Å²) in [6.07, 6.45) is 1.73. The molecule has 26 heavy (non-hydrogen) atoms. The molecule has 3 N–H and O–H groups in total. The summed E-state index contributed by atoms with van der Waals surface area (Å²) in [6.45, 7) is 0. The first kappa shape index (κ1) is 17.4. The Morgan fingerprint density at radius 2 is 2.04 bits per heavy atom. The van der Waals surface area contributed by atoms with Crippen LogP contribution in [0.25, 0.3) is 0 Å². The highest BCUT2D eigenvalue weighted by molar-refractivity contribution is 6.09. The number of ether oxygens (including phenoxy) is 1. The van der Waals surface area contributed by atoms with Crippen LogP contribution in [-0.2, 0) is 9.59 Å². The zero-order chi connectivity index (χ0) is 18.5. The molecular formula is C18H18N4O4. The van der Waals surface area contributed by atoms with E-state index in [9.17, 15) is 14.4 Å². The molecule has 0 saturated heterocycles. The van der Waals surface area contributed by atoms with Crippen molar-refractivity contribution in [3.05, 3.63) is 48.2 Å². The standard InChI is InChI=1S/C18H18N4O4/c1-26-16-9-6-11(10-19-16)20-15(23)8-7-14-18(25)21-13-5-3-2-4-12(13)17(24)22-14/h2-6,9-10,14H,7-8H2,1H3,(H,20,23)(H,21,25)(H,22,24)/t14-/m0/s1. The zero-order valence-corrected chi connectivity index (χ0v) is 14.1. The number of nitrogens with zero attached hydrogens (tertiary/aromatic N) is 1. The first-order valence-electron chi connectivity index (χ1n) is 8.07. The number of benzene rings is 1. The molecule has 1 aliphatic rings. The Hall–Kier alpha value is -3.42. The van der Waals surface area contributed by atoms with E-state index in [1.54, 1.807) is 36.4 Å². The molecule has 0 fully saturated rings. The third kappa shape index (κ3) is 3.97. The smallest absolute Gasteiger partial charge is 0.254 e. The van der Waals surface area contributed by atoms with Gasteiger partial charge in [0, 0.05) is 12.5 Å². The van der Waals surface area contributed by atoms with Gasteiger partial charge in [0.2, 0.25) is 17.7 Å². The number of aromatic nitrogens is 1. The highest BCUT2D eigenvalue weighted by Gasteiger charge is 2.27. The predicted octanol–water partition coefficient (Wildman–Crippen LogP) is 1.56. The van der Waals surface area contributed by atoms with Crippen molar-refractivity contribution in [3.8, 4) is 5.88 Å². The second-order valence-corrected chi connectivity index (χ2v) is 5.74. The monoisotopic (exact) mass is 354 g/mol. The van der Waals surface area contributed by atoms with Gasteiger partial charge in [0.05, 0.1) is 30.2 Å². The molecular weight excluding hydrogens is 336 g/mol. The number of hydrogen-bond acceptors (Lipinski definition) is 5. The summed E-state index contributed by atoms with van der Waals surface area (Å²) in [5.41, 5.74) is 1.39. The van der Waals surface area contributed by atoms with Crippen LogP contribution in [0, 0.1) is 0 Å². The van der Waals surface area contributed by atoms with Crippen LogP contribution >= 0.6 is 0 Å². The maximum Gasteiger partial charge on any atom is 0.254 e. The minimum Gasteiger partial charge on any atom is -0.481 e. The van der Waals surface area contributed by atoms with Crippen LogP contribution in [0.5, 0.6) is 5.88 Å². The van der Waals surface area contributed by atoms with Gasteiger partial charge < -0.3 is 20.7 Å². The quantitative estimate of drug-likeness (QED) is 0.755. The molecule has 8 heteroatoms. The second-order valence-electron chi connectivity index (χ2n) is 5.74. The lowest BCUT2D eigenvalue weighted by atomic mass is 10.1. The summed E-state index contributed by atoms with van der Waals surface area (Å²) in [7, 11) is 1.50. The molecule has 2 heterocycles. The van der Waals surface area contributed by atoms with Gasteiger partial charge in [0.25, 0.3) is 5.91 Å². The molecule has 1 aliphatic heterocycles. The maximum absolute atomic E-state index is 12.3. The summed E-state index contributed by atoms with van der Waals surface area (Å²) in [5, 5.41) is 8.06. The maximum atomic E-state index is 12.3. The molecule has 1 aromatic heterocycles. The summed E-state index contributed by atoms with van der Waals surface area (Å²) in [4.78, 5) is 40.6. The molecule has 0 bridgehead atoms. The third-order valence-electron chi connectivity index (χ3n) is 3.94. The molecule has 1 aromatic carbocycles. The Kier molecular flexibility index (Phi) is 5.12. The normalized spacial score (nSPS) is 16.0. The number of carbonyl (C=O) groups excluding carboxylic acids is 3. The number of anilines is 2. The lowest BCUT2D eigenvalue weighted by Gasteiger charge is -2.14. The molecule has 0 radical (unpaired) electrons. The minimum atomic E-state index is -0.783. The van der Waals surface area contributed by atoms with Crippen molar-refractivity contribution in [1.29, 1.82) is 0 Å². The van der Waals surface area contributed by atoms with Crippen molar-refractivity contribution >= 4 is 29.1 Å². The Bertz CT molecular complexity index is 835. The number of rotatable bonds is 5. The Balaban J connectivity index is 1.58. The van der Waals surface area contributed by atoms with E-state index >= 15 is 0 Å². The molecule has 0 aliphatic carbocycles. The number of pyridine rings is 1. The number of amides is 3. The highest BCUT2D eigenvalue weighted by atomic mass is 16.5. The number of carbonyl (C=O) groups is 3. The fourth-order valence-electron chi connectivity index (χ4n) is 2.59. The molecule has 0 saturated carbocycles. The van der Waals surface area contributed by atoms with Crippen molar-refractivity contribution in [1.82, 2.24) is 10.3 Å². The van der Waals surface area contributed by atoms with E-state index in [4.69, 9.17) is 4.74 Å². The number of nitrogens with one attached hydrogen (secondary N) is 3. The van der Waals surface area contributed by atoms with Crippen LogP contribution in [0.1, 0.15) is 23.2 Å². The van der Waals surface area contributed by atoms with E-state index in [0.717, 1.165) is 0 Å². The number of methoxy groups -OCH3 is 1. The average molecular weight is 354 g/mol. The van der Waals surface area contributed by atoms with Crippen LogP contribution in [-0.4, -0.2) is 35.9 Å². The van der Waals surface area contributed by atoms with E-state index in [-0.39, 0.29) is 30.6 Å². The molecule has 3 amide bonds. The second kappa shape index (κ2) is 7.64. The minimum absolute atomic E-state index is 0.0702. The molecule has 3 rings (SSSR count). The Morgan fingerprint density at radius 1 is 1.23 bits per heavy atom.